The number of carbonyl (C=O) groups is 2. The summed E-state index contributed by atoms with van der Waals surface area (Å²) in [5, 5.41) is 0.629. The second kappa shape index (κ2) is 4.54. The van der Waals surface area contributed by atoms with E-state index in [2.05, 4.69) is 9.97 Å². The zero-order valence-electron chi connectivity index (χ0n) is 8.37. The molecule has 1 rings (SSSR count). The van der Waals surface area contributed by atoms with Crippen molar-refractivity contribution in [1.82, 2.24) is 9.97 Å². The van der Waals surface area contributed by atoms with E-state index in [4.69, 9.17) is 23.2 Å². The van der Waals surface area contributed by atoms with Crippen LogP contribution in [0.4, 0.5) is 25.7 Å². The molecular formula is C6H9FN8O2. The number of hydrogen-bond donors (Lipinski definition) is 4. The van der Waals surface area contributed by atoms with Gasteiger partial charge in [-0.2, -0.15) is 19.4 Å². The fourth-order valence-corrected chi connectivity index (χ4v) is 0.837. The van der Waals surface area contributed by atoms with Gasteiger partial charge in [0, 0.05) is 6.07 Å². The summed E-state index contributed by atoms with van der Waals surface area (Å²) in [5.41, 5.74) is 9.67. The van der Waals surface area contributed by atoms with Crippen LogP contribution in [0.1, 0.15) is 0 Å². The molecule has 1 heterocycles. The maximum Gasteiger partial charge on any atom is 0.336 e. The van der Waals surface area contributed by atoms with E-state index in [1.807, 2.05) is 0 Å². The zero-order valence-corrected chi connectivity index (χ0v) is 8.37. The van der Waals surface area contributed by atoms with E-state index in [1.54, 1.807) is 0 Å². The highest BCUT2D eigenvalue weighted by Crippen LogP contribution is 2.13. The standard InChI is InChI=1S/C6H9FN8O2/c7-2-1-3(14(10)4(8)16)13-6(12-2)15(11)5(9)17/h1H,10-11H2,(H2,8,16)(H2,9,17). The minimum Gasteiger partial charge on any atom is -0.350 e. The number of hydrogen-bond acceptors (Lipinski definition) is 6. The van der Waals surface area contributed by atoms with Crippen LogP contribution < -0.4 is 33.2 Å². The predicted octanol–water partition coefficient (Wildman–Crippen LogP) is -1.87. The Kier molecular flexibility index (Phi) is 3.35. The quantitative estimate of drug-likeness (QED) is 0.205. The van der Waals surface area contributed by atoms with Gasteiger partial charge >= 0.3 is 12.1 Å². The summed E-state index contributed by atoms with van der Waals surface area (Å²) in [5.74, 6) is 8.31. The fraction of sp³-hybridized carbons (Fsp3) is 0. The van der Waals surface area contributed by atoms with Gasteiger partial charge < -0.3 is 11.5 Å². The summed E-state index contributed by atoms with van der Waals surface area (Å²) >= 11 is 0. The van der Waals surface area contributed by atoms with Gasteiger partial charge in [0.15, 0.2) is 5.82 Å². The number of rotatable bonds is 2. The van der Waals surface area contributed by atoms with E-state index in [0.29, 0.717) is 5.01 Å². The lowest BCUT2D eigenvalue weighted by molar-refractivity contribution is 0.253. The number of primary amides is 2. The molecule has 0 unspecified atom stereocenters. The molecule has 0 saturated carbocycles. The van der Waals surface area contributed by atoms with E-state index < -0.39 is 24.0 Å². The molecule has 10 nitrogen and oxygen atoms in total. The van der Waals surface area contributed by atoms with Crippen LogP contribution >= 0.6 is 0 Å². The van der Waals surface area contributed by atoms with Crippen LogP contribution in [-0.2, 0) is 0 Å². The van der Waals surface area contributed by atoms with Crippen molar-refractivity contribution in [3.05, 3.63) is 12.0 Å². The minimum atomic E-state index is -1.12. The Balaban J connectivity index is 3.19. The lowest BCUT2D eigenvalue weighted by Gasteiger charge is -2.16. The predicted molar refractivity (Wildman–Crippen MR) is 54.5 cm³/mol. The van der Waals surface area contributed by atoms with Crippen molar-refractivity contribution in [2.75, 3.05) is 10.0 Å². The number of amides is 4. The summed E-state index contributed by atoms with van der Waals surface area (Å²) < 4.78 is 13.1. The number of aromatic nitrogens is 2. The molecule has 92 valence electrons. The first-order valence-electron chi connectivity index (χ1n) is 4.06. The first-order valence-corrected chi connectivity index (χ1v) is 4.06. The van der Waals surface area contributed by atoms with Crippen molar-refractivity contribution in [1.29, 1.82) is 0 Å². The normalized spacial score (nSPS) is 9.82. The Labute approximate surface area is 93.9 Å². The largest absolute Gasteiger partial charge is 0.350 e. The molecule has 0 saturated heterocycles. The van der Waals surface area contributed by atoms with Crippen LogP contribution in [0.2, 0.25) is 0 Å². The molecule has 0 aliphatic heterocycles. The molecule has 0 bridgehead atoms. The second-order valence-electron chi connectivity index (χ2n) is 2.77. The molecule has 1 aromatic heterocycles. The van der Waals surface area contributed by atoms with Crippen LogP contribution in [0.15, 0.2) is 6.07 Å². The SMILES string of the molecule is NC(=O)N(N)c1cc(F)nc(N(N)C(N)=O)n1. The number of carbonyl (C=O) groups excluding carboxylic acids is 2. The average molecular weight is 244 g/mol. The van der Waals surface area contributed by atoms with Gasteiger partial charge in [-0.25, -0.2) is 26.3 Å². The molecule has 0 atom stereocenters. The van der Waals surface area contributed by atoms with E-state index in [9.17, 15) is 14.0 Å². The number of nitrogens with two attached hydrogens (primary N) is 4. The van der Waals surface area contributed by atoms with Gasteiger partial charge in [0.05, 0.1) is 0 Å². The maximum absolute atomic E-state index is 13.1. The summed E-state index contributed by atoms with van der Waals surface area (Å²) in [6.45, 7) is 0. The van der Waals surface area contributed by atoms with E-state index in [1.165, 1.54) is 0 Å². The van der Waals surface area contributed by atoms with Gasteiger partial charge in [-0.3, -0.25) is 0 Å². The van der Waals surface area contributed by atoms with E-state index >= 15 is 0 Å². The smallest absolute Gasteiger partial charge is 0.336 e. The van der Waals surface area contributed by atoms with Crippen LogP contribution in [0.5, 0.6) is 0 Å². The summed E-state index contributed by atoms with van der Waals surface area (Å²) in [4.78, 5) is 28.1. The van der Waals surface area contributed by atoms with E-state index in [-0.39, 0.29) is 10.8 Å². The Bertz CT molecular complexity index is 427. The van der Waals surface area contributed by atoms with Crippen molar-refractivity contribution >= 4 is 23.8 Å². The first kappa shape index (κ1) is 12.5. The molecule has 4 amide bonds. The third-order valence-electron chi connectivity index (χ3n) is 1.61. The van der Waals surface area contributed by atoms with Gasteiger partial charge in [0.1, 0.15) is 0 Å². The van der Waals surface area contributed by atoms with Crippen molar-refractivity contribution in [3.8, 4) is 0 Å². The highest BCUT2D eigenvalue weighted by molar-refractivity contribution is 5.89. The summed E-state index contributed by atoms with van der Waals surface area (Å²) in [6.07, 6.45) is 0. The second-order valence-corrected chi connectivity index (χ2v) is 2.77. The maximum atomic E-state index is 13.1. The number of urea groups is 2. The molecule has 8 N–H and O–H groups in total. The molecule has 0 aromatic carbocycles. The summed E-state index contributed by atoms with van der Waals surface area (Å²) in [6, 6.07) is -1.48. The van der Waals surface area contributed by atoms with E-state index in [0.717, 1.165) is 6.07 Å². The average Bonchev–Trinajstić information content (AvgIpc) is 2.25. The fourth-order valence-electron chi connectivity index (χ4n) is 0.837. The van der Waals surface area contributed by atoms with Crippen LogP contribution in [0.25, 0.3) is 0 Å². The van der Waals surface area contributed by atoms with Gasteiger partial charge in [-0.1, -0.05) is 0 Å². The Hall–Kier alpha value is -2.53. The van der Waals surface area contributed by atoms with Crippen LogP contribution in [-0.4, -0.2) is 22.0 Å². The van der Waals surface area contributed by atoms with Crippen molar-refractivity contribution in [2.45, 2.75) is 0 Å². The molecule has 0 radical (unpaired) electrons. The third kappa shape index (κ3) is 2.73. The number of anilines is 2. The molecular weight excluding hydrogens is 235 g/mol. The van der Waals surface area contributed by atoms with Gasteiger partial charge in [0.25, 0.3) is 5.95 Å². The highest BCUT2D eigenvalue weighted by Gasteiger charge is 2.17. The zero-order chi connectivity index (χ0) is 13.2. The monoisotopic (exact) mass is 244 g/mol. The molecule has 0 aliphatic carbocycles. The van der Waals surface area contributed by atoms with Gasteiger partial charge in [-0.15, -0.1) is 0 Å². The van der Waals surface area contributed by atoms with Gasteiger partial charge in [0.2, 0.25) is 5.95 Å². The topological polar surface area (TPSA) is 170 Å². The Morgan fingerprint density at radius 2 is 1.65 bits per heavy atom. The molecule has 1 aromatic rings. The summed E-state index contributed by atoms with van der Waals surface area (Å²) in [7, 11) is 0. The number of hydrazine groups is 2. The lowest BCUT2D eigenvalue weighted by atomic mass is 10.5. The van der Waals surface area contributed by atoms with Crippen molar-refractivity contribution in [2.24, 2.45) is 23.2 Å². The molecule has 17 heavy (non-hydrogen) atoms. The van der Waals surface area contributed by atoms with Crippen LogP contribution in [0, 0.1) is 5.95 Å². The highest BCUT2D eigenvalue weighted by atomic mass is 19.1. The first-order chi connectivity index (χ1) is 7.82. The van der Waals surface area contributed by atoms with Gasteiger partial charge in [-0.05, 0) is 0 Å². The molecule has 0 fully saturated rings. The van der Waals surface area contributed by atoms with Crippen molar-refractivity contribution < 1.29 is 14.0 Å². The molecule has 0 aliphatic rings. The molecule has 0 spiro atoms. The Morgan fingerprint density at radius 3 is 2.12 bits per heavy atom. The third-order valence-corrected chi connectivity index (χ3v) is 1.61. The van der Waals surface area contributed by atoms with Crippen LogP contribution in [0.3, 0.4) is 0 Å². The van der Waals surface area contributed by atoms with Crippen molar-refractivity contribution in [3.63, 3.8) is 0 Å². The number of halogens is 1. The molecule has 11 heteroatoms. The Morgan fingerprint density at radius 1 is 1.12 bits per heavy atom. The minimum absolute atomic E-state index is 0.279. The lowest BCUT2D eigenvalue weighted by Crippen LogP contribution is -2.45. The number of nitrogens with zero attached hydrogens (tertiary/aromatic N) is 4.